The molecular weight excluding hydrogens is 358 g/mol. The molecule has 0 aliphatic carbocycles. The molecule has 128 valence electrons. The van der Waals surface area contributed by atoms with Crippen LogP contribution in [0.2, 0.25) is 0 Å². The van der Waals surface area contributed by atoms with E-state index in [4.69, 9.17) is 17.3 Å². The third-order valence-electron chi connectivity index (χ3n) is 3.50. The monoisotopic (exact) mass is 373 g/mol. The molecule has 2 aromatic heterocycles. The van der Waals surface area contributed by atoms with Crippen molar-refractivity contribution in [3.05, 3.63) is 60.4 Å². The van der Waals surface area contributed by atoms with Crippen LogP contribution in [0.4, 0.5) is 0 Å². The standard InChI is InChI=1S/C17H15N3O3S2/c1-3-9(12-5-6-13(25-12)16(22)23)7-10(4-2)14-11(8-18)15(21)20-17(24)19-14/h4-7H,3H2,1-2H3,(H,22,23)(H2,19,20,21,24)/b9-7+,10-4+. The zero-order valence-electron chi connectivity index (χ0n) is 13.5. The molecule has 0 bridgehead atoms. The smallest absolute Gasteiger partial charge is 0.345 e. The summed E-state index contributed by atoms with van der Waals surface area (Å²) in [5.41, 5.74) is 1.28. The van der Waals surface area contributed by atoms with Crippen LogP contribution in [0.15, 0.2) is 29.1 Å². The molecule has 0 aliphatic rings. The average Bonchev–Trinajstić information content (AvgIpc) is 3.05. The minimum Gasteiger partial charge on any atom is -0.477 e. The molecule has 25 heavy (non-hydrogen) atoms. The van der Waals surface area contributed by atoms with Gasteiger partial charge in [-0.3, -0.25) is 9.78 Å². The van der Waals surface area contributed by atoms with E-state index in [0.29, 0.717) is 17.7 Å². The molecule has 2 heterocycles. The minimum atomic E-state index is -0.969. The van der Waals surface area contributed by atoms with E-state index in [0.717, 1.165) is 10.5 Å². The first-order valence-corrected chi connectivity index (χ1v) is 8.61. The van der Waals surface area contributed by atoms with Gasteiger partial charge in [-0.2, -0.15) is 5.26 Å². The van der Waals surface area contributed by atoms with Crippen molar-refractivity contribution in [1.82, 2.24) is 9.97 Å². The third-order valence-corrected chi connectivity index (χ3v) is 4.85. The first-order valence-electron chi connectivity index (χ1n) is 7.38. The number of aromatic nitrogens is 2. The van der Waals surface area contributed by atoms with Crippen molar-refractivity contribution in [3.63, 3.8) is 0 Å². The fraction of sp³-hybridized carbons (Fsp3) is 0.176. The second-order valence-electron chi connectivity index (χ2n) is 5.01. The number of aromatic carboxylic acids is 1. The van der Waals surface area contributed by atoms with Crippen LogP contribution in [-0.2, 0) is 0 Å². The zero-order chi connectivity index (χ0) is 18.6. The summed E-state index contributed by atoms with van der Waals surface area (Å²) in [6.07, 6.45) is 4.25. The lowest BCUT2D eigenvalue weighted by atomic mass is 10.0. The number of carbonyl (C=O) groups is 1. The molecule has 0 spiro atoms. The molecule has 2 aromatic rings. The summed E-state index contributed by atoms with van der Waals surface area (Å²) in [5, 5.41) is 18.3. The number of allylic oxidation sites excluding steroid dienone is 4. The maximum absolute atomic E-state index is 11.9. The summed E-state index contributed by atoms with van der Waals surface area (Å²) in [5.74, 6) is -0.969. The number of nitrogens with zero attached hydrogens (tertiary/aromatic N) is 1. The first kappa shape index (κ1) is 18.6. The van der Waals surface area contributed by atoms with Crippen molar-refractivity contribution >= 4 is 40.7 Å². The van der Waals surface area contributed by atoms with Crippen LogP contribution in [0.5, 0.6) is 0 Å². The summed E-state index contributed by atoms with van der Waals surface area (Å²) in [7, 11) is 0. The van der Waals surface area contributed by atoms with E-state index in [-0.39, 0.29) is 15.2 Å². The lowest BCUT2D eigenvalue weighted by Gasteiger charge is -2.08. The van der Waals surface area contributed by atoms with Crippen molar-refractivity contribution in [2.75, 3.05) is 0 Å². The van der Waals surface area contributed by atoms with Crippen molar-refractivity contribution in [3.8, 4) is 6.07 Å². The highest BCUT2D eigenvalue weighted by Gasteiger charge is 2.13. The number of nitrogens with one attached hydrogen (secondary N) is 2. The Morgan fingerprint density at radius 1 is 1.40 bits per heavy atom. The Morgan fingerprint density at radius 2 is 2.08 bits per heavy atom. The number of aromatic amines is 2. The number of H-pyrrole nitrogens is 2. The molecule has 0 fully saturated rings. The molecule has 0 aromatic carbocycles. The Hall–Kier alpha value is -2.76. The summed E-state index contributed by atoms with van der Waals surface area (Å²) >= 11 is 6.18. The normalized spacial score (nSPS) is 12.0. The molecule has 0 radical (unpaired) electrons. The molecule has 0 unspecified atom stereocenters. The topological polar surface area (TPSA) is 110 Å². The predicted molar refractivity (Wildman–Crippen MR) is 100 cm³/mol. The van der Waals surface area contributed by atoms with Crippen LogP contribution in [0.1, 0.15) is 46.1 Å². The summed E-state index contributed by atoms with van der Waals surface area (Å²) in [4.78, 5) is 29.3. The Kier molecular flexibility index (Phi) is 5.85. The molecule has 8 heteroatoms. The molecule has 0 aliphatic heterocycles. The van der Waals surface area contributed by atoms with Crippen molar-refractivity contribution in [2.24, 2.45) is 0 Å². The predicted octanol–water partition coefficient (Wildman–Crippen LogP) is 3.96. The van der Waals surface area contributed by atoms with Crippen LogP contribution in [0.25, 0.3) is 11.1 Å². The van der Waals surface area contributed by atoms with Gasteiger partial charge in [0.15, 0.2) is 4.77 Å². The van der Waals surface area contributed by atoms with Gasteiger partial charge in [0, 0.05) is 4.88 Å². The van der Waals surface area contributed by atoms with Gasteiger partial charge in [0.2, 0.25) is 0 Å². The Morgan fingerprint density at radius 3 is 2.60 bits per heavy atom. The third kappa shape index (κ3) is 4.02. The van der Waals surface area contributed by atoms with E-state index in [1.54, 1.807) is 25.1 Å². The van der Waals surface area contributed by atoms with E-state index >= 15 is 0 Å². The summed E-state index contributed by atoms with van der Waals surface area (Å²) in [6.45, 7) is 3.74. The van der Waals surface area contributed by atoms with Crippen molar-refractivity contribution < 1.29 is 9.90 Å². The zero-order valence-corrected chi connectivity index (χ0v) is 15.2. The van der Waals surface area contributed by atoms with Gasteiger partial charge < -0.3 is 10.1 Å². The van der Waals surface area contributed by atoms with Gasteiger partial charge in [0.25, 0.3) is 5.56 Å². The van der Waals surface area contributed by atoms with Crippen molar-refractivity contribution in [1.29, 1.82) is 5.26 Å². The summed E-state index contributed by atoms with van der Waals surface area (Å²) < 4.78 is 0.133. The fourth-order valence-corrected chi connectivity index (χ4v) is 3.40. The van der Waals surface area contributed by atoms with Gasteiger partial charge in [-0.1, -0.05) is 13.0 Å². The quantitative estimate of drug-likeness (QED) is 0.543. The van der Waals surface area contributed by atoms with Crippen LogP contribution >= 0.6 is 23.6 Å². The van der Waals surface area contributed by atoms with Gasteiger partial charge in [-0.25, -0.2) is 4.79 Å². The molecule has 3 N–H and O–H groups in total. The number of nitriles is 1. The Bertz CT molecular complexity index is 1030. The lowest BCUT2D eigenvalue weighted by molar-refractivity contribution is 0.0702. The molecule has 0 atom stereocenters. The fourth-order valence-electron chi connectivity index (χ4n) is 2.27. The molecule has 6 nitrogen and oxygen atoms in total. The highest BCUT2D eigenvalue weighted by atomic mass is 32.1. The Balaban J connectivity index is 2.59. The van der Waals surface area contributed by atoms with Crippen LogP contribution in [-0.4, -0.2) is 21.0 Å². The maximum Gasteiger partial charge on any atom is 0.345 e. The maximum atomic E-state index is 11.9. The summed E-state index contributed by atoms with van der Waals surface area (Å²) in [6, 6.07) is 5.20. The van der Waals surface area contributed by atoms with Crippen LogP contribution < -0.4 is 5.56 Å². The highest BCUT2D eigenvalue weighted by Crippen LogP contribution is 2.29. The van der Waals surface area contributed by atoms with E-state index in [2.05, 4.69) is 9.97 Å². The second kappa shape index (κ2) is 7.88. The number of hydrogen-bond donors (Lipinski definition) is 3. The number of rotatable bonds is 5. The Labute approximate surface area is 152 Å². The average molecular weight is 373 g/mol. The van der Waals surface area contributed by atoms with Gasteiger partial charge in [0.05, 0.1) is 5.69 Å². The van der Waals surface area contributed by atoms with Gasteiger partial charge in [0.1, 0.15) is 16.5 Å². The number of carboxylic acids is 1. The largest absolute Gasteiger partial charge is 0.477 e. The number of hydrogen-bond acceptors (Lipinski definition) is 5. The van der Waals surface area contributed by atoms with Crippen LogP contribution in [0.3, 0.4) is 0 Å². The van der Waals surface area contributed by atoms with Crippen molar-refractivity contribution in [2.45, 2.75) is 20.3 Å². The van der Waals surface area contributed by atoms with Gasteiger partial charge >= 0.3 is 5.97 Å². The minimum absolute atomic E-state index is 0.0502. The van der Waals surface area contributed by atoms with E-state index in [1.807, 2.05) is 19.1 Å². The molecule has 2 rings (SSSR count). The molecule has 0 saturated heterocycles. The SMILES string of the molecule is C/C=C(\C=C(/CC)c1ccc(C(=O)O)s1)c1[nH]c(=S)[nH]c(=O)c1C#N. The second-order valence-corrected chi connectivity index (χ2v) is 6.50. The molecule has 0 saturated carbocycles. The number of carboxylic acid groups (broad SMARTS) is 1. The van der Waals surface area contributed by atoms with Gasteiger partial charge in [-0.05, 0) is 54.9 Å². The van der Waals surface area contributed by atoms with E-state index in [9.17, 15) is 14.9 Å². The van der Waals surface area contributed by atoms with Crippen LogP contribution in [0, 0.1) is 16.1 Å². The lowest BCUT2D eigenvalue weighted by Crippen LogP contribution is -2.15. The molecule has 0 amide bonds. The van der Waals surface area contributed by atoms with E-state index in [1.165, 1.54) is 11.3 Å². The van der Waals surface area contributed by atoms with Gasteiger partial charge in [-0.15, -0.1) is 11.3 Å². The molecular formula is C17H15N3O3S2. The number of thiophene rings is 1. The van der Waals surface area contributed by atoms with E-state index < -0.39 is 11.5 Å². The highest BCUT2D eigenvalue weighted by molar-refractivity contribution is 7.71. The first-order chi connectivity index (χ1) is 11.9.